The van der Waals surface area contributed by atoms with E-state index in [-0.39, 0.29) is 5.82 Å². The van der Waals surface area contributed by atoms with E-state index in [9.17, 15) is 19.2 Å². The maximum absolute atomic E-state index is 12.0. The molecule has 0 aliphatic rings. The molecule has 45 heavy (non-hydrogen) atoms. The number of nitrogens with one attached hydrogen (secondary N) is 1. The van der Waals surface area contributed by atoms with Crippen LogP contribution in [0.3, 0.4) is 0 Å². The van der Waals surface area contributed by atoms with Crippen LogP contribution in [0.1, 0.15) is 44.4 Å². The average Bonchev–Trinajstić information content (AvgIpc) is 2.98. The van der Waals surface area contributed by atoms with Gasteiger partial charge in [0.15, 0.2) is 24.1 Å². The molecule has 3 rings (SSSR count). The molecular formula is C32H36N4O9. The van der Waals surface area contributed by atoms with Crippen molar-refractivity contribution in [2.45, 2.75) is 59.4 Å². The number of nitrogens with zero attached hydrogens (tertiary/aromatic N) is 3. The fraction of sp³-hybridized carbons (Fsp3) is 0.344. The number of hydrazone groups is 1. The Morgan fingerprint density at radius 2 is 1.51 bits per heavy atom. The molecule has 0 spiro atoms. The molecule has 3 atom stereocenters. The molecule has 0 radical (unpaired) electrons. The van der Waals surface area contributed by atoms with E-state index in [2.05, 4.69) is 20.7 Å². The quantitative estimate of drug-likeness (QED) is 0.120. The van der Waals surface area contributed by atoms with Crippen LogP contribution in [0.4, 0.5) is 5.82 Å². The lowest BCUT2D eigenvalue weighted by Gasteiger charge is -2.29. The number of aromatic nitrogens is 2. The SMILES string of the molecule is COc1ccccc1Cc1cc(-c2ccc(C)cc2)nnc1N/N=C/C(OC(C)=O)C(OC(C)=O)C(COC(C)=O)OC(C)=O. The zero-order chi connectivity index (χ0) is 32.9. The highest BCUT2D eigenvalue weighted by atomic mass is 16.6. The minimum atomic E-state index is -1.41. The number of carbonyl (C=O) groups is 4. The first kappa shape index (κ1) is 34.2. The Morgan fingerprint density at radius 3 is 2.13 bits per heavy atom. The second-order valence-electron chi connectivity index (χ2n) is 9.95. The number of hydrogen-bond donors (Lipinski definition) is 1. The Hall–Kier alpha value is -5.33. The summed E-state index contributed by atoms with van der Waals surface area (Å²) in [6.45, 7) is 6.08. The van der Waals surface area contributed by atoms with Crippen LogP contribution in [0.5, 0.6) is 5.75 Å². The molecule has 13 nitrogen and oxygen atoms in total. The third-order valence-electron chi connectivity index (χ3n) is 6.25. The second kappa shape index (κ2) is 16.5. The molecule has 1 N–H and O–H groups in total. The van der Waals surface area contributed by atoms with Crippen LogP contribution in [0, 0.1) is 6.92 Å². The van der Waals surface area contributed by atoms with Gasteiger partial charge in [-0.15, -0.1) is 10.2 Å². The number of ether oxygens (including phenoxy) is 5. The Balaban J connectivity index is 1.99. The third kappa shape index (κ3) is 10.7. The van der Waals surface area contributed by atoms with E-state index in [0.717, 1.165) is 56.2 Å². The predicted octanol–water partition coefficient (Wildman–Crippen LogP) is 3.81. The van der Waals surface area contributed by atoms with Gasteiger partial charge in [-0.3, -0.25) is 24.6 Å². The van der Waals surface area contributed by atoms with E-state index in [4.69, 9.17) is 23.7 Å². The normalized spacial score (nSPS) is 12.8. The van der Waals surface area contributed by atoms with E-state index < -0.39 is 48.8 Å². The first-order valence-corrected chi connectivity index (χ1v) is 14.0. The highest BCUT2D eigenvalue weighted by Crippen LogP contribution is 2.27. The summed E-state index contributed by atoms with van der Waals surface area (Å²) in [7, 11) is 1.59. The third-order valence-corrected chi connectivity index (χ3v) is 6.25. The van der Waals surface area contributed by atoms with Crippen LogP contribution in [0.15, 0.2) is 59.7 Å². The molecule has 1 heterocycles. The van der Waals surface area contributed by atoms with Crippen molar-refractivity contribution in [2.24, 2.45) is 5.10 Å². The van der Waals surface area contributed by atoms with Crippen molar-refractivity contribution in [3.8, 4) is 17.0 Å². The van der Waals surface area contributed by atoms with Crippen molar-refractivity contribution in [2.75, 3.05) is 19.1 Å². The van der Waals surface area contributed by atoms with E-state index >= 15 is 0 Å². The van der Waals surface area contributed by atoms with E-state index in [0.29, 0.717) is 17.9 Å². The van der Waals surface area contributed by atoms with Gasteiger partial charge < -0.3 is 23.7 Å². The van der Waals surface area contributed by atoms with Crippen LogP contribution in [-0.4, -0.2) is 72.3 Å². The van der Waals surface area contributed by atoms with Gasteiger partial charge in [0.25, 0.3) is 0 Å². The lowest BCUT2D eigenvalue weighted by molar-refractivity contribution is -0.183. The smallest absolute Gasteiger partial charge is 0.303 e. The van der Waals surface area contributed by atoms with E-state index in [1.165, 1.54) is 0 Å². The Bertz CT molecular complexity index is 1530. The van der Waals surface area contributed by atoms with Crippen molar-refractivity contribution in [1.29, 1.82) is 0 Å². The number of hydrogen-bond acceptors (Lipinski definition) is 13. The van der Waals surface area contributed by atoms with Gasteiger partial charge in [0, 0.05) is 45.2 Å². The van der Waals surface area contributed by atoms with Crippen LogP contribution >= 0.6 is 0 Å². The minimum Gasteiger partial charge on any atom is -0.496 e. The Morgan fingerprint density at radius 1 is 0.844 bits per heavy atom. The molecule has 0 fully saturated rings. The Kier molecular flexibility index (Phi) is 12.5. The molecule has 13 heteroatoms. The molecule has 0 bridgehead atoms. The van der Waals surface area contributed by atoms with Gasteiger partial charge in [-0.2, -0.15) is 5.10 Å². The largest absolute Gasteiger partial charge is 0.496 e. The number of para-hydroxylation sites is 1. The van der Waals surface area contributed by atoms with E-state index in [1.54, 1.807) is 7.11 Å². The molecule has 3 aromatic rings. The molecule has 1 aromatic heterocycles. The summed E-state index contributed by atoms with van der Waals surface area (Å²) >= 11 is 0. The molecule has 0 aliphatic heterocycles. The summed E-state index contributed by atoms with van der Waals surface area (Å²) in [5.41, 5.74) is 7.04. The van der Waals surface area contributed by atoms with Gasteiger partial charge in [-0.25, -0.2) is 0 Å². The topological polar surface area (TPSA) is 165 Å². The average molecular weight is 621 g/mol. The number of rotatable bonds is 14. The Labute approximate surface area is 260 Å². The summed E-state index contributed by atoms with van der Waals surface area (Å²) in [6.07, 6.45) is -2.54. The fourth-order valence-corrected chi connectivity index (χ4v) is 4.28. The van der Waals surface area contributed by atoms with Crippen molar-refractivity contribution < 1.29 is 42.9 Å². The van der Waals surface area contributed by atoms with E-state index in [1.807, 2.05) is 61.5 Å². The lowest BCUT2D eigenvalue weighted by atomic mass is 10.0. The zero-order valence-electron chi connectivity index (χ0n) is 25.9. The van der Waals surface area contributed by atoms with Crippen LogP contribution in [-0.2, 0) is 44.5 Å². The summed E-state index contributed by atoms with van der Waals surface area (Å²) in [5, 5.41) is 12.9. The summed E-state index contributed by atoms with van der Waals surface area (Å²) in [6, 6.07) is 17.3. The molecule has 3 unspecified atom stereocenters. The van der Waals surface area contributed by atoms with Gasteiger partial charge >= 0.3 is 23.9 Å². The number of aryl methyl sites for hydroxylation is 1. The number of methoxy groups -OCH3 is 1. The van der Waals surface area contributed by atoms with Crippen molar-refractivity contribution in [3.63, 3.8) is 0 Å². The van der Waals surface area contributed by atoms with Crippen LogP contribution < -0.4 is 10.2 Å². The van der Waals surface area contributed by atoms with Gasteiger partial charge in [-0.1, -0.05) is 48.0 Å². The van der Waals surface area contributed by atoms with Crippen LogP contribution in [0.2, 0.25) is 0 Å². The molecule has 0 amide bonds. The van der Waals surface area contributed by atoms with Crippen LogP contribution in [0.25, 0.3) is 11.3 Å². The molecule has 0 saturated carbocycles. The summed E-state index contributed by atoms with van der Waals surface area (Å²) < 4.78 is 26.5. The lowest BCUT2D eigenvalue weighted by Crippen LogP contribution is -2.48. The summed E-state index contributed by atoms with van der Waals surface area (Å²) in [4.78, 5) is 47.3. The molecule has 238 valence electrons. The molecule has 0 saturated heterocycles. The highest BCUT2D eigenvalue weighted by molar-refractivity contribution is 5.75. The number of esters is 4. The standard InChI is InChI=1S/C32H36N4O9/c1-19-11-13-24(14-12-19)27-16-26(15-25-9-7-8-10-28(25)41-6)32(36-34-27)35-33-17-29(43-21(3)38)31(45-23(5)40)30(44-22(4)39)18-42-20(2)37/h7-14,16-17,29-31H,15,18H2,1-6H3,(H,35,36)/b33-17+. The predicted molar refractivity (Wildman–Crippen MR) is 163 cm³/mol. The summed E-state index contributed by atoms with van der Waals surface area (Å²) in [5.74, 6) is -1.94. The highest BCUT2D eigenvalue weighted by Gasteiger charge is 2.37. The van der Waals surface area contributed by atoms with Gasteiger partial charge in [0.2, 0.25) is 0 Å². The monoisotopic (exact) mass is 620 g/mol. The maximum atomic E-state index is 12.0. The van der Waals surface area contributed by atoms with Gasteiger partial charge in [0.1, 0.15) is 12.4 Å². The zero-order valence-corrected chi connectivity index (χ0v) is 25.9. The van der Waals surface area contributed by atoms with Crippen molar-refractivity contribution >= 4 is 35.9 Å². The first-order valence-electron chi connectivity index (χ1n) is 14.0. The molecular weight excluding hydrogens is 584 g/mol. The van der Waals surface area contributed by atoms with Gasteiger partial charge in [-0.05, 0) is 24.6 Å². The minimum absolute atomic E-state index is 0.287. The fourth-order valence-electron chi connectivity index (χ4n) is 4.28. The van der Waals surface area contributed by atoms with Gasteiger partial charge in [0.05, 0.1) is 19.0 Å². The van der Waals surface area contributed by atoms with Crippen molar-refractivity contribution in [3.05, 3.63) is 71.3 Å². The second-order valence-corrected chi connectivity index (χ2v) is 9.95. The molecule has 2 aromatic carbocycles. The molecule has 0 aliphatic carbocycles. The number of carbonyl (C=O) groups excluding carboxylic acids is 4. The van der Waals surface area contributed by atoms with Crippen molar-refractivity contribution in [1.82, 2.24) is 10.2 Å². The maximum Gasteiger partial charge on any atom is 0.303 e. The number of benzene rings is 2. The number of anilines is 1. The first-order chi connectivity index (χ1) is 21.5.